The van der Waals surface area contributed by atoms with E-state index in [2.05, 4.69) is 28.8 Å². The Balaban J connectivity index is 2.18. The van der Waals surface area contributed by atoms with Crippen molar-refractivity contribution >= 4 is 11.5 Å². The van der Waals surface area contributed by atoms with Crippen LogP contribution in [0.1, 0.15) is 26.7 Å². The molecular weight excluding hydrogens is 240 g/mol. The number of fused-ring (bicyclic) bond motifs is 1. The number of rotatable bonds is 7. The van der Waals surface area contributed by atoms with E-state index in [1.54, 1.807) is 6.20 Å². The standard InChI is InChI=1S/C14H20N4O/c1-4-6-15-12-10-18-8-7-16-13(18)14(17-12)19-9-5-11(2)3/h7-8,10,15H,2,4-6,9H2,1,3H3. The third kappa shape index (κ3) is 3.47. The normalized spacial score (nSPS) is 10.6. The van der Waals surface area contributed by atoms with E-state index >= 15 is 0 Å². The van der Waals surface area contributed by atoms with Crippen molar-refractivity contribution in [3.8, 4) is 5.88 Å². The summed E-state index contributed by atoms with van der Waals surface area (Å²) < 4.78 is 7.63. The van der Waals surface area contributed by atoms with Crippen LogP contribution in [-0.4, -0.2) is 27.5 Å². The molecule has 5 heteroatoms. The minimum Gasteiger partial charge on any atom is -0.475 e. The van der Waals surface area contributed by atoms with Crippen molar-refractivity contribution in [1.29, 1.82) is 0 Å². The average Bonchev–Trinajstić information content (AvgIpc) is 2.84. The van der Waals surface area contributed by atoms with Crippen LogP contribution in [0.4, 0.5) is 5.82 Å². The Labute approximate surface area is 113 Å². The van der Waals surface area contributed by atoms with Crippen molar-refractivity contribution in [2.75, 3.05) is 18.5 Å². The van der Waals surface area contributed by atoms with Crippen LogP contribution in [0.3, 0.4) is 0 Å². The van der Waals surface area contributed by atoms with Crippen molar-refractivity contribution in [2.24, 2.45) is 0 Å². The Bertz CT molecular complexity index is 562. The molecule has 0 radical (unpaired) electrons. The first-order valence-electron chi connectivity index (χ1n) is 6.55. The number of anilines is 1. The van der Waals surface area contributed by atoms with E-state index < -0.39 is 0 Å². The van der Waals surface area contributed by atoms with Crippen molar-refractivity contribution in [2.45, 2.75) is 26.7 Å². The van der Waals surface area contributed by atoms with E-state index in [0.29, 0.717) is 12.5 Å². The molecule has 0 bridgehead atoms. The molecular formula is C14H20N4O. The summed E-state index contributed by atoms with van der Waals surface area (Å²) >= 11 is 0. The van der Waals surface area contributed by atoms with Crippen LogP contribution in [-0.2, 0) is 0 Å². The zero-order valence-electron chi connectivity index (χ0n) is 11.5. The van der Waals surface area contributed by atoms with Gasteiger partial charge in [-0.2, -0.15) is 4.98 Å². The van der Waals surface area contributed by atoms with E-state index in [1.807, 2.05) is 23.7 Å². The van der Waals surface area contributed by atoms with Gasteiger partial charge in [-0.3, -0.25) is 4.40 Å². The molecule has 5 nitrogen and oxygen atoms in total. The quantitative estimate of drug-likeness (QED) is 0.778. The van der Waals surface area contributed by atoms with E-state index in [9.17, 15) is 0 Å². The van der Waals surface area contributed by atoms with E-state index in [-0.39, 0.29) is 0 Å². The molecule has 19 heavy (non-hydrogen) atoms. The summed E-state index contributed by atoms with van der Waals surface area (Å²) in [6.07, 6.45) is 7.42. The predicted octanol–water partition coefficient (Wildman–Crippen LogP) is 2.90. The molecule has 102 valence electrons. The number of aromatic nitrogens is 3. The molecule has 0 aliphatic carbocycles. The van der Waals surface area contributed by atoms with Gasteiger partial charge in [-0.1, -0.05) is 12.5 Å². The molecule has 0 aliphatic heterocycles. The Kier molecular flexibility index (Phi) is 4.39. The molecule has 0 amide bonds. The second kappa shape index (κ2) is 6.22. The lowest BCUT2D eigenvalue weighted by atomic mass is 10.3. The summed E-state index contributed by atoms with van der Waals surface area (Å²) in [7, 11) is 0. The first kappa shape index (κ1) is 13.4. The fourth-order valence-electron chi connectivity index (χ4n) is 1.66. The fraction of sp³-hybridized carbons (Fsp3) is 0.429. The summed E-state index contributed by atoms with van der Waals surface area (Å²) in [5, 5.41) is 3.26. The van der Waals surface area contributed by atoms with Crippen LogP contribution >= 0.6 is 0 Å². The fourth-order valence-corrected chi connectivity index (χ4v) is 1.66. The number of hydrogen-bond acceptors (Lipinski definition) is 4. The van der Waals surface area contributed by atoms with Crippen molar-refractivity contribution in [3.05, 3.63) is 30.7 Å². The zero-order valence-corrected chi connectivity index (χ0v) is 11.5. The van der Waals surface area contributed by atoms with Crippen molar-refractivity contribution in [3.63, 3.8) is 0 Å². The second-order valence-electron chi connectivity index (χ2n) is 4.57. The van der Waals surface area contributed by atoms with Gasteiger partial charge in [0.2, 0.25) is 5.65 Å². The number of nitrogens with one attached hydrogen (secondary N) is 1. The van der Waals surface area contributed by atoms with Gasteiger partial charge in [0.15, 0.2) is 0 Å². The first-order chi connectivity index (χ1) is 9.20. The van der Waals surface area contributed by atoms with E-state index in [1.165, 1.54) is 0 Å². The Hall–Kier alpha value is -2.04. The molecule has 2 aromatic heterocycles. The number of nitrogens with zero attached hydrogens (tertiary/aromatic N) is 3. The van der Waals surface area contributed by atoms with Gasteiger partial charge in [0.05, 0.1) is 12.8 Å². The molecule has 2 aromatic rings. The molecule has 0 spiro atoms. The number of ether oxygens (including phenoxy) is 1. The predicted molar refractivity (Wildman–Crippen MR) is 76.7 cm³/mol. The molecule has 0 aromatic carbocycles. The topological polar surface area (TPSA) is 51.5 Å². The van der Waals surface area contributed by atoms with Gasteiger partial charge in [0, 0.05) is 25.4 Å². The summed E-state index contributed by atoms with van der Waals surface area (Å²) in [5.74, 6) is 1.37. The van der Waals surface area contributed by atoms with Gasteiger partial charge >= 0.3 is 0 Å². The van der Waals surface area contributed by atoms with E-state index in [0.717, 1.165) is 36.4 Å². The largest absolute Gasteiger partial charge is 0.475 e. The van der Waals surface area contributed by atoms with E-state index in [4.69, 9.17) is 4.74 Å². The van der Waals surface area contributed by atoms with Gasteiger partial charge < -0.3 is 10.1 Å². The highest BCUT2D eigenvalue weighted by atomic mass is 16.5. The van der Waals surface area contributed by atoms with Crippen LogP contribution in [0.25, 0.3) is 5.65 Å². The summed E-state index contributed by atoms with van der Waals surface area (Å²) in [4.78, 5) is 8.72. The molecule has 0 fully saturated rings. The molecule has 0 saturated carbocycles. The van der Waals surface area contributed by atoms with Gasteiger partial charge in [0.1, 0.15) is 5.82 Å². The number of imidazole rings is 1. The second-order valence-corrected chi connectivity index (χ2v) is 4.57. The molecule has 0 saturated heterocycles. The highest BCUT2D eigenvalue weighted by Crippen LogP contribution is 2.19. The maximum atomic E-state index is 5.71. The molecule has 0 atom stereocenters. The van der Waals surface area contributed by atoms with Crippen LogP contribution in [0.5, 0.6) is 5.88 Å². The van der Waals surface area contributed by atoms with Gasteiger partial charge in [-0.25, -0.2) is 4.98 Å². The van der Waals surface area contributed by atoms with Crippen molar-refractivity contribution < 1.29 is 4.74 Å². The van der Waals surface area contributed by atoms with Gasteiger partial charge in [0.25, 0.3) is 5.88 Å². The summed E-state index contributed by atoms with van der Waals surface area (Å²) in [6, 6.07) is 0. The molecule has 1 N–H and O–H groups in total. The van der Waals surface area contributed by atoms with Crippen LogP contribution in [0.15, 0.2) is 30.7 Å². The van der Waals surface area contributed by atoms with Gasteiger partial charge in [-0.05, 0) is 13.3 Å². The lowest BCUT2D eigenvalue weighted by Crippen LogP contribution is -2.07. The first-order valence-corrected chi connectivity index (χ1v) is 6.55. The third-order valence-corrected chi connectivity index (χ3v) is 2.67. The van der Waals surface area contributed by atoms with Crippen LogP contribution < -0.4 is 10.1 Å². The summed E-state index contributed by atoms with van der Waals surface area (Å²) in [5.41, 5.74) is 1.84. The highest BCUT2D eigenvalue weighted by Gasteiger charge is 2.08. The van der Waals surface area contributed by atoms with Gasteiger partial charge in [-0.15, -0.1) is 6.58 Å². The molecule has 2 heterocycles. The molecule has 0 unspecified atom stereocenters. The lowest BCUT2D eigenvalue weighted by Gasteiger charge is -2.10. The minimum atomic E-state index is 0.562. The van der Waals surface area contributed by atoms with Crippen LogP contribution in [0.2, 0.25) is 0 Å². The van der Waals surface area contributed by atoms with Crippen molar-refractivity contribution in [1.82, 2.24) is 14.4 Å². The van der Waals surface area contributed by atoms with Crippen LogP contribution in [0, 0.1) is 0 Å². The Morgan fingerprint density at radius 2 is 2.37 bits per heavy atom. The maximum Gasteiger partial charge on any atom is 0.260 e. The Morgan fingerprint density at radius 1 is 1.53 bits per heavy atom. The smallest absolute Gasteiger partial charge is 0.260 e. The minimum absolute atomic E-state index is 0.562. The average molecular weight is 260 g/mol. The molecule has 2 rings (SSSR count). The maximum absolute atomic E-state index is 5.71. The summed E-state index contributed by atoms with van der Waals surface area (Å²) in [6.45, 7) is 9.43. The molecule has 0 aliphatic rings. The zero-order chi connectivity index (χ0) is 13.7. The highest BCUT2D eigenvalue weighted by molar-refractivity contribution is 5.53. The SMILES string of the molecule is C=C(C)CCOc1nc(NCCC)cn2ccnc12. The Morgan fingerprint density at radius 3 is 3.11 bits per heavy atom. The lowest BCUT2D eigenvalue weighted by molar-refractivity contribution is 0.312. The monoisotopic (exact) mass is 260 g/mol. The number of hydrogen-bond donors (Lipinski definition) is 1. The third-order valence-electron chi connectivity index (χ3n) is 2.67.